The van der Waals surface area contributed by atoms with Gasteiger partial charge in [0.05, 0.1) is 21.0 Å². The number of halogens is 1. The van der Waals surface area contributed by atoms with E-state index in [-0.39, 0.29) is 0 Å². The molecule has 2 aromatic heterocycles. The average Bonchev–Trinajstić information content (AvgIpc) is 2.75. The maximum absolute atomic E-state index is 9.79. The normalized spacial score (nSPS) is 13.0. The summed E-state index contributed by atoms with van der Waals surface area (Å²) in [6.45, 7) is 0. The molecule has 0 spiro atoms. The Labute approximate surface area is 97.7 Å². The van der Waals surface area contributed by atoms with Gasteiger partial charge < -0.3 is 5.11 Å². The molecular weight excluding hydrogens is 284 g/mol. The standard InChI is InChI=1S/C8H7BrN2OS2/c9-8-2-1-5(13-8)3-6(12)7-4-10-11-14-7/h1-2,4,6,12H,3H2. The quantitative estimate of drug-likeness (QED) is 0.945. The number of thiophene rings is 1. The van der Waals surface area contributed by atoms with E-state index in [1.807, 2.05) is 12.1 Å². The third kappa shape index (κ3) is 2.38. The van der Waals surface area contributed by atoms with Crippen LogP contribution >= 0.6 is 38.8 Å². The number of rotatable bonds is 3. The summed E-state index contributed by atoms with van der Waals surface area (Å²) >= 11 is 6.26. The molecule has 6 heteroatoms. The van der Waals surface area contributed by atoms with Crippen molar-refractivity contribution in [2.24, 2.45) is 0 Å². The van der Waals surface area contributed by atoms with E-state index < -0.39 is 6.10 Å². The summed E-state index contributed by atoms with van der Waals surface area (Å²) in [4.78, 5) is 1.97. The van der Waals surface area contributed by atoms with Gasteiger partial charge in [-0.3, -0.25) is 0 Å². The van der Waals surface area contributed by atoms with E-state index >= 15 is 0 Å². The number of aromatic nitrogens is 2. The molecule has 1 atom stereocenters. The zero-order valence-electron chi connectivity index (χ0n) is 7.05. The van der Waals surface area contributed by atoms with Crippen molar-refractivity contribution >= 4 is 38.8 Å². The summed E-state index contributed by atoms with van der Waals surface area (Å²) in [7, 11) is 0. The first-order valence-electron chi connectivity index (χ1n) is 3.95. The van der Waals surface area contributed by atoms with Crippen LogP contribution in [-0.4, -0.2) is 14.7 Å². The molecule has 1 unspecified atom stereocenters. The molecule has 2 aromatic rings. The van der Waals surface area contributed by atoms with E-state index in [1.165, 1.54) is 11.5 Å². The van der Waals surface area contributed by atoms with Crippen LogP contribution in [0.1, 0.15) is 15.9 Å². The van der Waals surface area contributed by atoms with E-state index in [1.54, 1.807) is 17.5 Å². The highest BCUT2D eigenvalue weighted by Crippen LogP contribution is 2.27. The molecule has 0 amide bonds. The fraction of sp³-hybridized carbons (Fsp3) is 0.250. The van der Waals surface area contributed by atoms with Crippen LogP contribution < -0.4 is 0 Å². The molecule has 14 heavy (non-hydrogen) atoms. The summed E-state index contributed by atoms with van der Waals surface area (Å²) < 4.78 is 4.80. The second kappa shape index (κ2) is 4.48. The Morgan fingerprint density at radius 3 is 2.93 bits per heavy atom. The second-order valence-corrected chi connectivity index (χ2v) is 6.11. The molecule has 0 aliphatic rings. The lowest BCUT2D eigenvalue weighted by Crippen LogP contribution is -1.97. The van der Waals surface area contributed by atoms with E-state index in [0.717, 1.165) is 13.5 Å². The van der Waals surface area contributed by atoms with Crippen molar-refractivity contribution in [3.05, 3.63) is 31.9 Å². The van der Waals surface area contributed by atoms with Gasteiger partial charge in [0.2, 0.25) is 0 Å². The van der Waals surface area contributed by atoms with Gasteiger partial charge in [-0.2, -0.15) is 0 Å². The van der Waals surface area contributed by atoms with Crippen LogP contribution in [0.3, 0.4) is 0 Å². The summed E-state index contributed by atoms with van der Waals surface area (Å²) in [5.74, 6) is 0. The highest BCUT2D eigenvalue weighted by Gasteiger charge is 2.12. The van der Waals surface area contributed by atoms with Crippen LogP contribution in [0.25, 0.3) is 0 Å². The van der Waals surface area contributed by atoms with Gasteiger partial charge in [0, 0.05) is 11.3 Å². The third-order valence-electron chi connectivity index (χ3n) is 1.73. The van der Waals surface area contributed by atoms with Crippen LogP contribution in [-0.2, 0) is 6.42 Å². The topological polar surface area (TPSA) is 46.0 Å². The number of hydrogen-bond acceptors (Lipinski definition) is 5. The minimum Gasteiger partial charge on any atom is -0.387 e. The smallest absolute Gasteiger partial charge is 0.0962 e. The zero-order chi connectivity index (χ0) is 9.97. The molecule has 0 saturated carbocycles. The van der Waals surface area contributed by atoms with Crippen LogP contribution in [0.4, 0.5) is 0 Å². The van der Waals surface area contributed by atoms with Crippen LogP contribution in [0, 0.1) is 0 Å². The summed E-state index contributed by atoms with van der Waals surface area (Å²) in [6.07, 6.45) is 1.75. The van der Waals surface area contributed by atoms with Gasteiger partial charge in [-0.25, -0.2) is 0 Å². The summed E-state index contributed by atoms with van der Waals surface area (Å²) in [5, 5.41) is 13.5. The zero-order valence-corrected chi connectivity index (χ0v) is 10.3. The van der Waals surface area contributed by atoms with Gasteiger partial charge >= 0.3 is 0 Å². The highest BCUT2D eigenvalue weighted by atomic mass is 79.9. The lowest BCUT2D eigenvalue weighted by molar-refractivity contribution is 0.183. The molecular formula is C8H7BrN2OS2. The molecule has 0 aliphatic carbocycles. The minimum atomic E-state index is -0.486. The molecule has 0 aromatic carbocycles. The molecule has 2 heterocycles. The SMILES string of the molecule is OC(Cc1ccc(Br)s1)c1cnns1. The van der Waals surface area contributed by atoms with Crippen molar-refractivity contribution in [1.29, 1.82) is 0 Å². The molecule has 2 rings (SSSR count). The summed E-state index contributed by atoms with van der Waals surface area (Å²) in [5.41, 5.74) is 0. The maximum Gasteiger partial charge on any atom is 0.0962 e. The van der Waals surface area contributed by atoms with Crippen LogP contribution in [0.5, 0.6) is 0 Å². The van der Waals surface area contributed by atoms with Crippen molar-refractivity contribution in [3.63, 3.8) is 0 Å². The molecule has 1 N–H and O–H groups in total. The molecule has 0 saturated heterocycles. The first-order chi connectivity index (χ1) is 6.75. The lowest BCUT2D eigenvalue weighted by Gasteiger charge is -2.03. The van der Waals surface area contributed by atoms with E-state index in [0.29, 0.717) is 6.42 Å². The van der Waals surface area contributed by atoms with E-state index in [9.17, 15) is 5.11 Å². The number of aliphatic hydroxyl groups excluding tert-OH is 1. The Balaban J connectivity index is 2.05. The van der Waals surface area contributed by atoms with Crippen LogP contribution in [0.2, 0.25) is 0 Å². The fourth-order valence-electron chi connectivity index (χ4n) is 1.07. The number of nitrogens with zero attached hydrogens (tertiary/aromatic N) is 2. The van der Waals surface area contributed by atoms with Crippen molar-refractivity contribution in [2.45, 2.75) is 12.5 Å². The average molecular weight is 291 g/mol. The fourth-order valence-corrected chi connectivity index (χ4v) is 3.08. The van der Waals surface area contributed by atoms with Gasteiger partial charge in [-0.15, -0.1) is 16.4 Å². The Bertz CT molecular complexity index is 401. The Morgan fingerprint density at radius 2 is 2.36 bits per heavy atom. The van der Waals surface area contributed by atoms with Crippen molar-refractivity contribution in [1.82, 2.24) is 9.59 Å². The Kier molecular flexibility index (Phi) is 3.27. The van der Waals surface area contributed by atoms with Gasteiger partial charge in [-0.1, -0.05) is 4.49 Å². The maximum atomic E-state index is 9.79. The first kappa shape index (κ1) is 10.2. The van der Waals surface area contributed by atoms with E-state index in [2.05, 4.69) is 25.5 Å². The number of hydrogen-bond donors (Lipinski definition) is 1. The predicted octanol–water partition coefficient (Wildman–Crippen LogP) is 2.64. The lowest BCUT2D eigenvalue weighted by atomic mass is 10.2. The molecule has 0 fully saturated rings. The molecule has 0 aliphatic heterocycles. The monoisotopic (exact) mass is 290 g/mol. The number of aliphatic hydroxyl groups is 1. The van der Waals surface area contributed by atoms with Gasteiger partial charge in [0.1, 0.15) is 0 Å². The van der Waals surface area contributed by atoms with Crippen molar-refractivity contribution < 1.29 is 5.11 Å². The molecule has 3 nitrogen and oxygen atoms in total. The van der Waals surface area contributed by atoms with Gasteiger partial charge in [0.15, 0.2) is 0 Å². The van der Waals surface area contributed by atoms with Gasteiger partial charge in [0.25, 0.3) is 0 Å². The largest absolute Gasteiger partial charge is 0.387 e. The molecule has 0 radical (unpaired) electrons. The Hall–Kier alpha value is -0.300. The van der Waals surface area contributed by atoms with E-state index in [4.69, 9.17) is 0 Å². The van der Waals surface area contributed by atoms with Crippen LogP contribution in [0.15, 0.2) is 22.1 Å². The molecule has 0 bridgehead atoms. The highest BCUT2D eigenvalue weighted by molar-refractivity contribution is 9.11. The second-order valence-electron chi connectivity index (χ2n) is 2.75. The Morgan fingerprint density at radius 1 is 1.50 bits per heavy atom. The predicted molar refractivity (Wildman–Crippen MR) is 60.6 cm³/mol. The first-order valence-corrected chi connectivity index (χ1v) is 6.33. The third-order valence-corrected chi connectivity index (χ3v) is 4.14. The van der Waals surface area contributed by atoms with Crippen molar-refractivity contribution in [2.75, 3.05) is 0 Å². The summed E-state index contributed by atoms with van der Waals surface area (Å²) in [6, 6.07) is 3.99. The molecule has 74 valence electrons. The minimum absolute atomic E-state index is 0.486. The van der Waals surface area contributed by atoms with Crippen molar-refractivity contribution in [3.8, 4) is 0 Å². The van der Waals surface area contributed by atoms with Gasteiger partial charge in [-0.05, 0) is 39.6 Å².